The number of guanidine groups is 1. The molecule has 0 aliphatic carbocycles. The number of likely N-dealkylation sites (tertiary alicyclic amines) is 1. The van der Waals surface area contributed by atoms with Gasteiger partial charge in [-0.1, -0.05) is 44.2 Å². The number of nitrogens with two attached hydrogens (primary N) is 3. The number of primary amides is 1. The number of aromatic nitrogens is 3. The lowest BCUT2D eigenvalue weighted by Gasteiger charge is -2.31. The van der Waals surface area contributed by atoms with Gasteiger partial charge < -0.3 is 90.1 Å². The van der Waals surface area contributed by atoms with E-state index in [9.17, 15) is 63.0 Å². The fourth-order valence-corrected chi connectivity index (χ4v) is 9.74. The molecule has 30 nitrogen and oxygen atoms in total. The number of H-pyrrole nitrogens is 2. The molecule has 2 aliphatic heterocycles. The lowest BCUT2D eigenvalue weighted by atomic mass is 10.0. The monoisotopic (exact) mass is 1180 g/mol. The number of nitrogens with zero attached hydrogens (tertiary/aromatic N) is 3. The summed E-state index contributed by atoms with van der Waals surface area (Å²) in [5, 5.41) is 44.6. The van der Waals surface area contributed by atoms with Gasteiger partial charge in [0.05, 0.1) is 19.5 Å². The highest BCUT2D eigenvalue weighted by atomic mass is 16.3. The number of para-hydroxylation sites is 1. The number of hydrogen-bond donors (Lipinski definition) is 16. The molecule has 458 valence electrons. The summed E-state index contributed by atoms with van der Waals surface area (Å²) in [6, 6.07) is 0.884. The predicted molar refractivity (Wildman–Crippen MR) is 305 cm³/mol. The van der Waals surface area contributed by atoms with E-state index in [2.05, 4.69) is 67.8 Å². The summed E-state index contributed by atoms with van der Waals surface area (Å²) in [7, 11) is 0. The smallest absolute Gasteiger partial charge is 0.245 e. The van der Waals surface area contributed by atoms with E-state index in [1.54, 1.807) is 44.3 Å². The molecule has 2 fully saturated rings. The number of carbonyl (C=O) groups excluding carboxylic acids is 11. The van der Waals surface area contributed by atoms with Crippen molar-refractivity contribution in [1.82, 2.24) is 67.7 Å². The fraction of sp³-hybridized carbons (Fsp3) is 0.473. The van der Waals surface area contributed by atoms with Gasteiger partial charge in [0.25, 0.3) is 0 Å². The zero-order valence-electron chi connectivity index (χ0n) is 47.3. The predicted octanol–water partition coefficient (Wildman–Crippen LogP) is -4.39. The topological polar surface area (TPSA) is 475 Å². The molecule has 0 bridgehead atoms. The first-order valence-corrected chi connectivity index (χ1v) is 27.8. The molecule has 2 aromatic heterocycles. The Labute approximate surface area is 488 Å². The van der Waals surface area contributed by atoms with Crippen molar-refractivity contribution in [2.24, 2.45) is 28.1 Å². The van der Waals surface area contributed by atoms with Gasteiger partial charge in [-0.2, -0.15) is 0 Å². The van der Waals surface area contributed by atoms with E-state index in [0.717, 1.165) is 0 Å². The minimum atomic E-state index is -1.76. The summed E-state index contributed by atoms with van der Waals surface area (Å²) in [6.07, 6.45) is 5.15. The summed E-state index contributed by atoms with van der Waals surface area (Å²) in [5.74, 6) is -9.33. The third-order valence-electron chi connectivity index (χ3n) is 14.3. The number of phenols is 1. The third kappa shape index (κ3) is 18.7. The number of amides is 11. The number of fused-ring (bicyclic) bond motifs is 1. The van der Waals surface area contributed by atoms with Crippen LogP contribution in [0.5, 0.6) is 5.75 Å². The van der Waals surface area contributed by atoms with Crippen molar-refractivity contribution in [3.05, 3.63) is 84.1 Å². The van der Waals surface area contributed by atoms with Crippen molar-refractivity contribution in [3.63, 3.8) is 0 Å². The van der Waals surface area contributed by atoms with Crippen molar-refractivity contribution < 1.29 is 63.0 Å². The molecule has 4 aromatic rings. The molecule has 0 unspecified atom stereocenters. The zero-order valence-corrected chi connectivity index (χ0v) is 47.3. The Morgan fingerprint density at radius 1 is 0.729 bits per heavy atom. The minimum absolute atomic E-state index is 0.00845. The molecule has 19 N–H and O–H groups in total. The maximum Gasteiger partial charge on any atom is 0.245 e. The summed E-state index contributed by atoms with van der Waals surface area (Å²) in [6.45, 7) is 3.34. The molecule has 11 amide bonds. The summed E-state index contributed by atoms with van der Waals surface area (Å²) in [5.41, 5.74) is 18.3. The van der Waals surface area contributed by atoms with Gasteiger partial charge in [0.2, 0.25) is 65.0 Å². The van der Waals surface area contributed by atoms with E-state index in [0.29, 0.717) is 34.1 Å². The number of aliphatic hydroxyl groups is 1. The number of aliphatic hydroxyl groups excluding tert-OH is 1. The number of aliphatic imine (C=N–C) groups is 1. The first kappa shape index (κ1) is 64.6. The van der Waals surface area contributed by atoms with Gasteiger partial charge in [-0.3, -0.25) is 57.7 Å². The van der Waals surface area contributed by atoms with Crippen LogP contribution in [0.25, 0.3) is 10.9 Å². The maximum absolute atomic E-state index is 14.5. The summed E-state index contributed by atoms with van der Waals surface area (Å²) < 4.78 is 0. The van der Waals surface area contributed by atoms with Gasteiger partial charge in [-0.15, -0.1) is 0 Å². The third-order valence-corrected chi connectivity index (χ3v) is 14.3. The van der Waals surface area contributed by atoms with Crippen LogP contribution in [0.15, 0.2) is 72.2 Å². The Morgan fingerprint density at radius 3 is 2.01 bits per heavy atom. The highest BCUT2D eigenvalue weighted by molar-refractivity contribution is 5.99. The Bertz CT molecular complexity index is 3070. The van der Waals surface area contributed by atoms with Crippen molar-refractivity contribution in [1.29, 1.82) is 0 Å². The molecule has 30 heteroatoms. The molecule has 2 aliphatic rings. The number of rotatable bonds is 30. The zero-order chi connectivity index (χ0) is 61.9. The SMILES string of the molecule is CC(C)[C@H](NC(=O)[C@@H](C)NC(=O)[C@H](Cc1ccc(O)cc1)NC(=O)[C@H](CO)NC(=O)[C@H](Cc1c[nH]c2ccccc12)NC(=O)[C@H](Cc1cnc[nH]1)NC(=O)[C@@H]1CCC(=O)N1)C(=O)N[C@@H](CCCN=C(N)N)C(=O)N1CCC[C@H]1C(=O)NCC(N)=O. The Morgan fingerprint density at radius 2 is 1.38 bits per heavy atom. The molecular formula is C55H75N17O13. The number of nitrogens with one attached hydrogen (secondary N) is 11. The number of imidazole rings is 1. The molecule has 0 saturated carbocycles. The number of phenolic OH excluding ortho intramolecular Hbond substituents is 1. The average molecular weight is 1180 g/mol. The Kier molecular flexibility index (Phi) is 23.3. The highest BCUT2D eigenvalue weighted by Gasteiger charge is 2.40. The van der Waals surface area contributed by atoms with Gasteiger partial charge in [0.15, 0.2) is 5.96 Å². The van der Waals surface area contributed by atoms with Crippen molar-refractivity contribution in [2.45, 2.75) is 133 Å². The molecule has 2 saturated heterocycles. The van der Waals surface area contributed by atoms with Crippen LogP contribution < -0.4 is 65.1 Å². The van der Waals surface area contributed by atoms with Crippen LogP contribution in [-0.4, -0.2) is 182 Å². The first-order valence-electron chi connectivity index (χ1n) is 27.8. The second-order valence-corrected chi connectivity index (χ2v) is 21.1. The largest absolute Gasteiger partial charge is 0.508 e. The molecule has 0 spiro atoms. The standard InChI is InChI=1S/C55H75N17O13/c1-28(2)45(53(84)66-37(10-6-18-60-55(57)58)54(85)72-19-7-11-42(72)52(83)62-25-43(56)75)71-46(77)29(3)64-48(79)38(20-30-12-14-33(74)15-13-30)67-51(82)41(26-73)70-49(80)39(21-31-23-61-35-9-5-4-8-34(31)35)68-50(81)40(22-32-24-59-27-63-32)69-47(78)36-16-17-44(76)65-36/h4-5,8-9,12-15,23-24,27-29,36-42,45,61,73-74H,6-7,10-11,16-22,25-26H2,1-3H3,(H2,56,75)(H,59,63)(H,62,83)(H,64,79)(H,65,76)(H,66,84)(H,67,82)(H,68,81)(H,69,78)(H,70,80)(H,71,77)(H4,57,58,60)/t29-,36+,37+,38+,39+,40+,41+,42+,45+/m1/s1. The van der Waals surface area contributed by atoms with E-state index in [-0.39, 0.29) is 82.1 Å². The quantitative estimate of drug-likeness (QED) is 0.0133. The molecule has 6 rings (SSSR count). The van der Waals surface area contributed by atoms with E-state index in [1.165, 1.54) is 48.6 Å². The molecule has 4 heterocycles. The normalized spacial score (nSPS) is 17.1. The van der Waals surface area contributed by atoms with Crippen LogP contribution in [0, 0.1) is 5.92 Å². The fourth-order valence-electron chi connectivity index (χ4n) is 9.74. The van der Waals surface area contributed by atoms with Gasteiger partial charge in [0, 0.05) is 67.8 Å². The van der Waals surface area contributed by atoms with Gasteiger partial charge in [-0.25, -0.2) is 4.98 Å². The molecule has 2 aromatic carbocycles. The van der Waals surface area contributed by atoms with Crippen LogP contribution in [-0.2, 0) is 72.0 Å². The van der Waals surface area contributed by atoms with Crippen LogP contribution in [0.4, 0.5) is 0 Å². The Balaban J connectivity index is 1.17. The summed E-state index contributed by atoms with van der Waals surface area (Å²) >= 11 is 0. The minimum Gasteiger partial charge on any atom is -0.508 e. The first-order chi connectivity index (χ1) is 40.5. The van der Waals surface area contributed by atoms with Crippen molar-refractivity contribution >= 4 is 81.8 Å². The summed E-state index contributed by atoms with van der Waals surface area (Å²) in [4.78, 5) is 164. The van der Waals surface area contributed by atoms with Crippen LogP contribution in [0.1, 0.15) is 76.1 Å². The maximum atomic E-state index is 14.5. The van der Waals surface area contributed by atoms with Gasteiger partial charge >= 0.3 is 0 Å². The molecular weight excluding hydrogens is 1110 g/mol. The molecule has 85 heavy (non-hydrogen) atoms. The average Bonchev–Trinajstić information content (AvgIpc) is 4.49. The van der Waals surface area contributed by atoms with Crippen LogP contribution >= 0.6 is 0 Å². The van der Waals surface area contributed by atoms with E-state index in [1.807, 2.05) is 0 Å². The van der Waals surface area contributed by atoms with Gasteiger partial charge in [0.1, 0.15) is 60.1 Å². The van der Waals surface area contributed by atoms with Crippen LogP contribution in [0.2, 0.25) is 0 Å². The number of aromatic hydroxyl groups is 1. The van der Waals surface area contributed by atoms with E-state index >= 15 is 0 Å². The molecule has 0 radical (unpaired) electrons. The van der Waals surface area contributed by atoms with Crippen LogP contribution in [0.3, 0.4) is 0 Å². The second-order valence-electron chi connectivity index (χ2n) is 21.1. The van der Waals surface area contributed by atoms with E-state index in [4.69, 9.17) is 17.2 Å². The number of hydrogen-bond acceptors (Lipinski definition) is 15. The lowest BCUT2D eigenvalue weighted by Crippen LogP contribution is -2.61. The number of aromatic amines is 2. The van der Waals surface area contributed by atoms with Crippen molar-refractivity contribution in [2.75, 3.05) is 26.2 Å². The lowest BCUT2D eigenvalue weighted by molar-refractivity contribution is -0.142. The second kappa shape index (κ2) is 30.6. The molecule has 9 atom stereocenters. The van der Waals surface area contributed by atoms with Crippen molar-refractivity contribution in [3.8, 4) is 5.75 Å². The number of carbonyl (C=O) groups is 11. The van der Waals surface area contributed by atoms with Gasteiger partial charge in [-0.05, 0) is 74.3 Å². The Hall–Kier alpha value is -9.61. The number of benzene rings is 2. The van der Waals surface area contributed by atoms with E-state index < -0.39 is 133 Å². The highest BCUT2D eigenvalue weighted by Crippen LogP contribution is 2.22.